The van der Waals surface area contributed by atoms with Crippen molar-refractivity contribution < 1.29 is 9.90 Å². The number of carbonyl (C=O) groups excluding carboxylic acids is 1. The number of amides is 1. The number of hydrogen-bond acceptors (Lipinski definition) is 6. The van der Waals surface area contributed by atoms with Crippen LogP contribution in [-0.2, 0) is 4.79 Å². The van der Waals surface area contributed by atoms with Crippen LogP contribution in [0, 0.1) is 0 Å². The number of phenolic OH excluding ortho intramolecular Hbond substituents is 1. The quantitative estimate of drug-likeness (QED) is 0.207. The molecule has 4 aromatic rings. The normalized spacial score (nSPS) is 11.2. The molecule has 0 unspecified atom stereocenters. The van der Waals surface area contributed by atoms with Crippen molar-refractivity contribution in [1.29, 1.82) is 0 Å². The number of rotatable bonds is 7. The van der Waals surface area contributed by atoms with Crippen LogP contribution in [0.2, 0.25) is 0 Å². The van der Waals surface area contributed by atoms with Gasteiger partial charge in [-0.15, -0.1) is 0 Å². The summed E-state index contributed by atoms with van der Waals surface area (Å²) in [7, 11) is 0. The average molecular weight is 423 g/mol. The lowest BCUT2D eigenvalue weighted by Crippen LogP contribution is -2.25. The number of phenols is 1. The first-order valence-electron chi connectivity index (χ1n) is 10.0. The smallest absolute Gasteiger partial charge is 0.259 e. The molecule has 0 atom stereocenters. The molecule has 0 saturated carbocycles. The Balaban J connectivity index is 1.33. The molecule has 0 aliphatic heterocycles. The van der Waals surface area contributed by atoms with Crippen LogP contribution in [0.15, 0.2) is 106 Å². The third-order valence-electron chi connectivity index (χ3n) is 4.64. The summed E-state index contributed by atoms with van der Waals surface area (Å²) >= 11 is 0. The van der Waals surface area contributed by atoms with Gasteiger partial charge in [0, 0.05) is 11.3 Å². The van der Waals surface area contributed by atoms with Gasteiger partial charge in [-0.3, -0.25) is 4.79 Å². The number of nitrogens with one attached hydrogen (secondary N) is 2. The molecule has 0 aliphatic rings. The molecule has 0 heterocycles. The number of carbonyl (C=O) groups is 1. The SMILES string of the molecule is O=C(CNc1ccc2ccccc2c1)N/N=C\c1cc(N=Nc2ccccc2)ccc1O. The molecule has 32 heavy (non-hydrogen) atoms. The van der Waals surface area contributed by atoms with Crippen molar-refractivity contribution in [2.45, 2.75) is 0 Å². The largest absolute Gasteiger partial charge is 0.507 e. The molecule has 7 heteroatoms. The molecule has 0 aromatic heterocycles. The van der Waals surface area contributed by atoms with Gasteiger partial charge >= 0.3 is 0 Å². The van der Waals surface area contributed by atoms with E-state index in [2.05, 4.69) is 26.1 Å². The topological polar surface area (TPSA) is 98.4 Å². The highest BCUT2D eigenvalue weighted by molar-refractivity contribution is 5.88. The van der Waals surface area contributed by atoms with Crippen molar-refractivity contribution in [2.75, 3.05) is 11.9 Å². The molecular formula is C25H21N5O2. The van der Waals surface area contributed by atoms with Crippen molar-refractivity contribution in [2.24, 2.45) is 15.3 Å². The van der Waals surface area contributed by atoms with Crippen molar-refractivity contribution in [3.05, 3.63) is 96.6 Å². The summed E-state index contributed by atoms with van der Waals surface area (Å²) in [6, 6.07) is 28.0. The van der Waals surface area contributed by atoms with E-state index in [4.69, 9.17) is 0 Å². The van der Waals surface area contributed by atoms with Crippen molar-refractivity contribution in [1.82, 2.24) is 5.43 Å². The Morgan fingerprint density at radius 2 is 1.56 bits per heavy atom. The summed E-state index contributed by atoms with van der Waals surface area (Å²) in [6.07, 6.45) is 1.37. The van der Waals surface area contributed by atoms with Crippen LogP contribution in [0.4, 0.5) is 17.1 Å². The predicted molar refractivity (Wildman–Crippen MR) is 127 cm³/mol. The van der Waals surface area contributed by atoms with Crippen LogP contribution in [0.1, 0.15) is 5.56 Å². The lowest BCUT2D eigenvalue weighted by atomic mass is 10.1. The van der Waals surface area contributed by atoms with Gasteiger partial charge in [0.2, 0.25) is 0 Å². The third kappa shape index (κ3) is 5.54. The first kappa shape index (κ1) is 20.7. The fourth-order valence-electron chi connectivity index (χ4n) is 3.01. The van der Waals surface area contributed by atoms with Crippen LogP contribution in [0.5, 0.6) is 5.75 Å². The van der Waals surface area contributed by atoms with E-state index in [0.29, 0.717) is 11.3 Å². The fourth-order valence-corrected chi connectivity index (χ4v) is 3.01. The van der Waals surface area contributed by atoms with Gasteiger partial charge < -0.3 is 10.4 Å². The predicted octanol–water partition coefficient (Wildman–Crippen LogP) is 5.52. The molecule has 0 bridgehead atoms. The minimum atomic E-state index is -0.311. The number of azo groups is 1. The summed E-state index contributed by atoms with van der Waals surface area (Å²) < 4.78 is 0. The Kier molecular flexibility index (Phi) is 6.48. The van der Waals surface area contributed by atoms with Crippen molar-refractivity contribution in [3.8, 4) is 5.75 Å². The van der Waals surface area contributed by atoms with E-state index >= 15 is 0 Å². The number of anilines is 1. The van der Waals surface area contributed by atoms with Gasteiger partial charge in [0.25, 0.3) is 5.91 Å². The zero-order valence-corrected chi connectivity index (χ0v) is 17.1. The van der Waals surface area contributed by atoms with Gasteiger partial charge in [-0.1, -0.05) is 48.5 Å². The van der Waals surface area contributed by atoms with Gasteiger partial charge in [-0.25, -0.2) is 5.43 Å². The fraction of sp³-hybridized carbons (Fsp3) is 0.0400. The van der Waals surface area contributed by atoms with Crippen LogP contribution in [0.25, 0.3) is 10.8 Å². The van der Waals surface area contributed by atoms with Crippen LogP contribution >= 0.6 is 0 Å². The second kappa shape index (κ2) is 9.99. The highest BCUT2D eigenvalue weighted by atomic mass is 16.3. The Morgan fingerprint density at radius 1 is 0.812 bits per heavy atom. The van der Waals surface area contributed by atoms with E-state index in [0.717, 1.165) is 22.1 Å². The Hall–Kier alpha value is -4.52. The standard InChI is InChI=1S/C25H21N5O2/c31-24-13-12-23(29-28-21-8-2-1-3-9-21)15-20(24)16-27-30-25(32)17-26-22-11-10-18-6-4-5-7-19(18)14-22/h1-16,26,31H,17H2,(H,30,32)/b27-16-,29-28?. The first-order chi connectivity index (χ1) is 15.7. The lowest BCUT2D eigenvalue weighted by Gasteiger charge is -2.07. The van der Waals surface area contributed by atoms with Gasteiger partial charge in [-0.2, -0.15) is 15.3 Å². The average Bonchev–Trinajstić information content (AvgIpc) is 2.83. The van der Waals surface area contributed by atoms with Gasteiger partial charge in [0.1, 0.15) is 5.75 Å². The highest BCUT2D eigenvalue weighted by Crippen LogP contribution is 2.24. The van der Waals surface area contributed by atoms with Gasteiger partial charge in [0.05, 0.1) is 24.1 Å². The highest BCUT2D eigenvalue weighted by Gasteiger charge is 2.03. The molecular weight excluding hydrogens is 402 g/mol. The minimum absolute atomic E-state index is 0.0240. The lowest BCUT2D eigenvalue weighted by molar-refractivity contribution is -0.119. The van der Waals surface area contributed by atoms with Crippen molar-refractivity contribution in [3.63, 3.8) is 0 Å². The van der Waals surface area contributed by atoms with E-state index in [1.165, 1.54) is 12.3 Å². The minimum Gasteiger partial charge on any atom is -0.507 e. The summed E-state index contributed by atoms with van der Waals surface area (Å²) in [5.74, 6) is -0.287. The number of nitrogens with zero attached hydrogens (tertiary/aromatic N) is 3. The molecule has 0 saturated heterocycles. The van der Waals surface area contributed by atoms with E-state index in [1.54, 1.807) is 12.1 Å². The number of hydrogen-bond donors (Lipinski definition) is 3. The second-order valence-electron chi connectivity index (χ2n) is 6.99. The maximum absolute atomic E-state index is 12.1. The third-order valence-corrected chi connectivity index (χ3v) is 4.64. The zero-order chi connectivity index (χ0) is 22.2. The summed E-state index contributed by atoms with van der Waals surface area (Å²) in [4.78, 5) is 12.1. The molecule has 1 amide bonds. The summed E-state index contributed by atoms with van der Waals surface area (Å²) in [6.45, 7) is 0.0625. The van der Waals surface area contributed by atoms with E-state index in [1.807, 2.05) is 72.8 Å². The molecule has 4 aromatic carbocycles. The van der Waals surface area contributed by atoms with E-state index in [9.17, 15) is 9.90 Å². The molecule has 7 nitrogen and oxygen atoms in total. The molecule has 4 rings (SSSR count). The van der Waals surface area contributed by atoms with Gasteiger partial charge in [0.15, 0.2) is 0 Å². The van der Waals surface area contributed by atoms with E-state index < -0.39 is 0 Å². The van der Waals surface area contributed by atoms with Crippen LogP contribution in [0.3, 0.4) is 0 Å². The van der Waals surface area contributed by atoms with E-state index in [-0.39, 0.29) is 18.2 Å². The number of hydrazone groups is 1. The molecule has 0 aliphatic carbocycles. The Morgan fingerprint density at radius 3 is 2.41 bits per heavy atom. The van der Waals surface area contributed by atoms with Crippen molar-refractivity contribution >= 4 is 40.0 Å². The number of benzene rings is 4. The Bertz CT molecular complexity index is 1290. The number of aromatic hydroxyl groups is 1. The van der Waals surface area contributed by atoms with Crippen LogP contribution < -0.4 is 10.7 Å². The summed E-state index contributed by atoms with van der Waals surface area (Å²) in [5.41, 5.74) is 4.98. The molecule has 0 fully saturated rings. The number of fused-ring (bicyclic) bond motifs is 1. The second-order valence-corrected chi connectivity index (χ2v) is 6.99. The molecule has 0 radical (unpaired) electrons. The molecule has 158 valence electrons. The monoisotopic (exact) mass is 423 g/mol. The molecule has 0 spiro atoms. The van der Waals surface area contributed by atoms with Gasteiger partial charge in [-0.05, 0) is 53.2 Å². The van der Waals surface area contributed by atoms with Crippen LogP contribution in [-0.4, -0.2) is 23.8 Å². The maximum atomic E-state index is 12.1. The summed E-state index contributed by atoms with van der Waals surface area (Å²) in [5, 5.41) is 27.6. The zero-order valence-electron chi connectivity index (χ0n) is 17.1. The maximum Gasteiger partial charge on any atom is 0.259 e. The Labute approximate surface area is 185 Å². The first-order valence-corrected chi connectivity index (χ1v) is 10.0. The molecule has 3 N–H and O–H groups in total.